The Morgan fingerprint density at radius 3 is 2.50 bits per heavy atom. The van der Waals surface area contributed by atoms with E-state index in [0.29, 0.717) is 30.3 Å². The van der Waals surface area contributed by atoms with Crippen LogP contribution in [0.3, 0.4) is 0 Å². The van der Waals surface area contributed by atoms with Crippen LogP contribution in [0.5, 0.6) is 0 Å². The maximum absolute atomic E-state index is 11.7. The second-order valence-corrected chi connectivity index (χ2v) is 4.96. The van der Waals surface area contributed by atoms with E-state index < -0.39 is 11.9 Å². The first-order chi connectivity index (χ1) is 10.5. The molecule has 6 heteroatoms. The van der Waals surface area contributed by atoms with E-state index in [1.165, 1.54) is 0 Å². The van der Waals surface area contributed by atoms with E-state index in [1.54, 1.807) is 30.4 Å². The van der Waals surface area contributed by atoms with Crippen molar-refractivity contribution in [2.45, 2.75) is 6.54 Å². The van der Waals surface area contributed by atoms with Crippen molar-refractivity contribution in [3.8, 4) is 0 Å². The van der Waals surface area contributed by atoms with Crippen LogP contribution in [0.4, 0.5) is 5.69 Å². The fourth-order valence-corrected chi connectivity index (χ4v) is 2.05. The second-order valence-electron chi connectivity index (χ2n) is 4.52. The molecule has 1 rings (SSSR count). The zero-order valence-electron chi connectivity index (χ0n) is 12.5. The van der Waals surface area contributed by atoms with E-state index in [2.05, 4.69) is 28.1 Å². The molecule has 0 aliphatic carbocycles. The highest BCUT2D eigenvalue weighted by Crippen LogP contribution is 2.22. The number of hydrogen-bond donors (Lipinski definition) is 1. The summed E-state index contributed by atoms with van der Waals surface area (Å²) in [6.45, 7) is 9.31. The number of nitrogens with one attached hydrogen (secondary N) is 1. The van der Waals surface area contributed by atoms with Gasteiger partial charge in [0, 0.05) is 30.3 Å². The Morgan fingerprint density at radius 2 is 1.95 bits per heavy atom. The first kappa shape index (κ1) is 17.9. The minimum atomic E-state index is -0.958. The van der Waals surface area contributed by atoms with E-state index >= 15 is 0 Å². The van der Waals surface area contributed by atoms with Crippen molar-refractivity contribution in [3.63, 3.8) is 0 Å². The molecule has 118 valence electrons. The van der Waals surface area contributed by atoms with Gasteiger partial charge in [0.25, 0.3) is 0 Å². The van der Waals surface area contributed by atoms with E-state index in [9.17, 15) is 9.59 Å². The molecule has 0 spiro atoms. The third-order valence-electron chi connectivity index (χ3n) is 2.86. The molecule has 1 aromatic carbocycles. The Labute approximate surface area is 135 Å². The number of benzene rings is 1. The van der Waals surface area contributed by atoms with Crippen molar-refractivity contribution in [3.05, 3.63) is 54.1 Å². The van der Waals surface area contributed by atoms with Gasteiger partial charge >= 0.3 is 11.9 Å². The fourth-order valence-electron chi connectivity index (χ4n) is 1.88. The molecule has 0 saturated carbocycles. The molecule has 0 heterocycles. The van der Waals surface area contributed by atoms with Crippen LogP contribution in [-0.4, -0.2) is 37.0 Å². The van der Waals surface area contributed by atoms with Crippen molar-refractivity contribution in [1.29, 1.82) is 0 Å². The maximum atomic E-state index is 11.7. The van der Waals surface area contributed by atoms with Gasteiger partial charge in [0.1, 0.15) is 0 Å². The van der Waals surface area contributed by atoms with Crippen molar-refractivity contribution in [2.75, 3.05) is 25.5 Å². The summed E-state index contributed by atoms with van der Waals surface area (Å²) in [5.41, 5.74) is 1.30. The Kier molecular flexibility index (Phi) is 7.36. The van der Waals surface area contributed by atoms with E-state index in [-0.39, 0.29) is 0 Å². The van der Waals surface area contributed by atoms with E-state index in [0.717, 1.165) is 12.7 Å². The Balaban J connectivity index is 2.98. The van der Waals surface area contributed by atoms with Gasteiger partial charge in [0.15, 0.2) is 0 Å². The van der Waals surface area contributed by atoms with Gasteiger partial charge in [-0.1, -0.05) is 29.8 Å². The molecule has 0 aliphatic rings. The quantitative estimate of drug-likeness (QED) is 0.476. The number of ether oxygens (including phenoxy) is 1. The topological polar surface area (TPSA) is 58.6 Å². The Morgan fingerprint density at radius 1 is 1.32 bits per heavy atom. The van der Waals surface area contributed by atoms with Crippen molar-refractivity contribution in [2.24, 2.45) is 0 Å². The van der Waals surface area contributed by atoms with Crippen LogP contribution in [0, 0.1) is 0 Å². The lowest BCUT2D eigenvalue weighted by molar-refractivity contribution is -0.150. The van der Waals surface area contributed by atoms with Crippen molar-refractivity contribution in [1.82, 2.24) is 4.90 Å². The van der Waals surface area contributed by atoms with Crippen LogP contribution in [0.1, 0.15) is 5.56 Å². The molecular weight excluding hydrogens is 304 g/mol. The number of nitrogens with zero attached hydrogens (tertiary/aromatic N) is 1. The molecule has 0 aromatic heterocycles. The summed E-state index contributed by atoms with van der Waals surface area (Å²) in [6.07, 6.45) is 3.57. The molecule has 0 bridgehead atoms. The van der Waals surface area contributed by atoms with Crippen LogP contribution < -0.4 is 5.32 Å². The lowest BCUT2D eigenvalue weighted by Crippen LogP contribution is -2.27. The number of carbonyl (C=O) groups excluding carboxylic acids is 2. The number of rotatable bonds is 7. The standard InChI is InChI=1S/C16H19ClN2O3/c1-4-8-19(9-5-2)11-12-6-7-13(17)10-14(12)18-15(20)16(21)22-3/h4-7,10H,1-2,8-9,11H2,3H3,(H,18,20). The molecule has 0 aliphatic heterocycles. The highest BCUT2D eigenvalue weighted by Gasteiger charge is 2.16. The van der Waals surface area contributed by atoms with Gasteiger partial charge in [-0.3, -0.25) is 9.69 Å². The first-order valence-electron chi connectivity index (χ1n) is 6.63. The van der Waals surface area contributed by atoms with Gasteiger partial charge in [-0.25, -0.2) is 4.79 Å². The summed E-state index contributed by atoms with van der Waals surface area (Å²) in [6, 6.07) is 5.12. The van der Waals surface area contributed by atoms with E-state index in [4.69, 9.17) is 11.6 Å². The van der Waals surface area contributed by atoms with Gasteiger partial charge in [-0.15, -0.1) is 13.2 Å². The summed E-state index contributed by atoms with van der Waals surface area (Å²) < 4.78 is 4.39. The third kappa shape index (κ3) is 5.35. The number of hydrogen-bond acceptors (Lipinski definition) is 4. The zero-order valence-corrected chi connectivity index (χ0v) is 13.2. The van der Waals surface area contributed by atoms with Gasteiger partial charge in [-0.2, -0.15) is 0 Å². The molecule has 0 fully saturated rings. The SMILES string of the molecule is C=CCN(CC=C)Cc1ccc(Cl)cc1NC(=O)C(=O)OC. The molecule has 5 nitrogen and oxygen atoms in total. The number of halogens is 1. The largest absolute Gasteiger partial charge is 0.462 e. The smallest absolute Gasteiger partial charge is 0.396 e. The predicted octanol–water partition coefficient (Wildman–Crippen LogP) is 2.63. The normalized spacial score (nSPS) is 10.1. The highest BCUT2D eigenvalue weighted by atomic mass is 35.5. The summed E-state index contributed by atoms with van der Waals surface area (Å²) in [5.74, 6) is -1.80. The molecule has 0 unspecified atom stereocenters. The number of methoxy groups -OCH3 is 1. The zero-order chi connectivity index (χ0) is 16.5. The summed E-state index contributed by atoms with van der Waals surface area (Å²) in [5, 5.41) is 2.98. The number of anilines is 1. The summed E-state index contributed by atoms with van der Waals surface area (Å²) >= 11 is 5.96. The molecule has 0 saturated heterocycles. The minimum absolute atomic E-state index is 0.461. The fraction of sp³-hybridized carbons (Fsp3) is 0.250. The van der Waals surface area contributed by atoms with Crippen LogP contribution in [0.15, 0.2) is 43.5 Å². The first-order valence-corrected chi connectivity index (χ1v) is 7.01. The molecule has 1 N–H and O–H groups in total. The average molecular weight is 323 g/mol. The molecule has 22 heavy (non-hydrogen) atoms. The van der Waals surface area contributed by atoms with Crippen LogP contribution >= 0.6 is 11.6 Å². The third-order valence-corrected chi connectivity index (χ3v) is 3.09. The van der Waals surface area contributed by atoms with Crippen LogP contribution in [0.25, 0.3) is 0 Å². The van der Waals surface area contributed by atoms with Gasteiger partial charge in [-0.05, 0) is 17.7 Å². The van der Waals surface area contributed by atoms with Gasteiger partial charge in [0.2, 0.25) is 0 Å². The van der Waals surface area contributed by atoms with Crippen molar-refractivity contribution < 1.29 is 14.3 Å². The molecular formula is C16H19ClN2O3. The summed E-state index contributed by atoms with van der Waals surface area (Å²) in [7, 11) is 1.15. The Bertz CT molecular complexity index is 563. The predicted molar refractivity (Wildman–Crippen MR) is 87.8 cm³/mol. The highest BCUT2D eigenvalue weighted by molar-refractivity contribution is 6.37. The molecule has 0 radical (unpaired) electrons. The maximum Gasteiger partial charge on any atom is 0.396 e. The van der Waals surface area contributed by atoms with Crippen molar-refractivity contribution >= 4 is 29.2 Å². The van der Waals surface area contributed by atoms with Gasteiger partial charge < -0.3 is 10.1 Å². The van der Waals surface area contributed by atoms with Crippen LogP contribution in [-0.2, 0) is 20.9 Å². The molecule has 1 aromatic rings. The van der Waals surface area contributed by atoms with Crippen LogP contribution in [0.2, 0.25) is 5.02 Å². The van der Waals surface area contributed by atoms with Gasteiger partial charge in [0.05, 0.1) is 7.11 Å². The lowest BCUT2D eigenvalue weighted by atomic mass is 10.1. The lowest BCUT2D eigenvalue weighted by Gasteiger charge is -2.21. The second kappa shape index (κ2) is 9.02. The monoisotopic (exact) mass is 322 g/mol. The number of esters is 1. The molecule has 0 atom stereocenters. The number of carbonyl (C=O) groups is 2. The molecule has 1 amide bonds. The Hall–Kier alpha value is -2.11. The minimum Gasteiger partial charge on any atom is -0.462 e. The average Bonchev–Trinajstić information content (AvgIpc) is 2.49. The number of amides is 1. The van der Waals surface area contributed by atoms with E-state index in [1.807, 2.05) is 0 Å². The summed E-state index contributed by atoms with van der Waals surface area (Å²) in [4.78, 5) is 25.0.